The highest BCUT2D eigenvalue weighted by Crippen LogP contribution is 2.25. The van der Waals surface area contributed by atoms with E-state index in [4.69, 9.17) is 21.1 Å². The van der Waals surface area contributed by atoms with Gasteiger partial charge in [-0.15, -0.1) is 0 Å². The van der Waals surface area contributed by atoms with Crippen molar-refractivity contribution in [3.05, 3.63) is 89.2 Å². The molecule has 1 fully saturated rings. The molecule has 0 atom stereocenters. The van der Waals surface area contributed by atoms with E-state index in [9.17, 15) is 9.59 Å². The molecule has 2 amide bonds. The summed E-state index contributed by atoms with van der Waals surface area (Å²) in [5.74, 6) is 0.302. The summed E-state index contributed by atoms with van der Waals surface area (Å²) in [6.45, 7) is 2.07. The van der Waals surface area contributed by atoms with E-state index in [-0.39, 0.29) is 31.0 Å². The molecule has 1 aliphatic carbocycles. The summed E-state index contributed by atoms with van der Waals surface area (Å²) in [5.41, 5.74) is 2.30. The van der Waals surface area contributed by atoms with E-state index in [1.54, 1.807) is 36.3 Å². The van der Waals surface area contributed by atoms with Crippen LogP contribution < -0.4 is 4.74 Å². The molecule has 0 bridgehead atoms. The first-order valence-corrected chi connectivity index (χ1v) is 14.5. The number of nitrogens with zero attached hydrogens (tertiary/aromatic N) is 3. The average Bonchev–Trinajstić information content (AvgIpc) is 3.42. The van der Waals surface area contributed by atoms with E-state index >= 15 is 0 Å². The molecule has 0 radical (unpaired) electrons. The summed E-state index contributed by atoms with van der Waals surface area (Å²) in [7, 11) is 1.64. The third kappa shape index (κ3) is 8.86. The lowest BCUT2D eigenvalue weighted by atomic mass is 9.94. The Bertz CT molecular complexity index is 1190. The molecule has 7 nitrogen and oxygen atoms in total. The fourth-order valence-electron chi connectivity index (χ4n) is 5.23. The Kier molecular flexibility index (Phi) is 11.5. The molecule has 0 N–H and O–H groups in total. The number of aromatic nitrogens is 1. The minimum Gasteiger partial charge on any atom is -0.484 e. The molecule has 8 heteroatoms. The number of benzene rings is 2. The van der Waals surface area contributed by atoms with Crippen LogP contribution in [0.5, 0.6) is 5.75 Å². The van der Waals surface area contributed by atoms with Gasteiger partial charge in [0.15, 0.2) is 6.61 Å². The Morgan fingerprint density at radius 1 is 0.950 bits per heavy atom. The van der Waals surface area contributed by atoms with Crippen molar-refractivity contribution in [3.63, 3.8) is 0 Å². The van der Waals surface area contributed by atoms with Gasteiger partial charge in [-0.2, -0.15) is 0 Å². The molecule has 0 unspecified atom stereocenters. The van der Waals surface area contributed by atoms with Gasteiger partial charge in [0.05, 0.1) is 13.1 Å². The topological polar surface area (TPSA) is 64.0 Å². The highest BCUT2D eigenvalue weighted by Gasteiger charge is 2.29. The third-order valence-corrected chi connectivity index (χ3v) is 7.67. The van der Waals surface area contributed by atoms with Crippen LogP contribution in [0.15, 0.2) is 72.9 Å². The van der Waals surface area contributed by atoms with Crippen LogP contribution >= 0.6 is 11.6 Å². The Hall–Kier alpha value is -3.29. The van der Waals surface area contributed by atoms with Gasteiger partial charge >= 0.3 is 0 Å². The summed E-state index contributed by atoms with van der Waals surface area (Å²) < 4.78 is 13.1. The normalized spacial score (nSPS) is 13.7. The molecule has 0 saturated heterocycles. The van der Waals surface area contributed by atoms with Crippen molar-refractivity contribution in [1.29, 1.82) is 0 Å². The predicted octanol–water partition coefficient (Wildman–Crippen LogP) is 5.80. The maximum absolute atomic E-state index is 13.9. The molecule has 1 heterocycles. The van der Waals surface area contributed by atoms with Gasteiger partial charge in [-0.3, -0.25) is 9.59 Å². The Labute approximate surface area is 242 Å². The van der Waals surface area contributed by atoms with E-state index in [1.807, 2.05) is 29.2 Å². The Morgan fingerprint density at radius 3 is 2.42 bits per heavy atom. The number of methoxy groups -OCH3 is 1. The lowest BCUT2D eigenvalue weighted by molar-refractivity contribution is -0.144. The fourth-order valence-corrected chi connectivity index (χ4v) is 5.35. The molecular weight excluding hydrogens is 526 g/mol. The van der Waals surface area contributed by atoms with Crippen molar-refractivity contribution >= 4 is 23.4 Å². The fraction of sp³-hybridized carbons (Fsp3) is 0.438. The van der Waals surface area contributed by atoms with Crippen LogP contribution in [-0.2, 0) is 27.4 Å². The van der Waals surface area contributed by atoms with Crippen LogP contribution in [0.3, 0.4) is 0 Å². The van der Waals surface area contributed by atoms with Crippen molar-refractivity contribution in [3.8, 4) is 5.75 Å². The quantitative estimate of drug-likeness (QED) is 0.232. The first-order valence-electron chi connectivity index (χ1n) is 14.2. The number of rotatable bonds is 14. The van der Waals surface area contributed by atoms with Crippen LogP contribution in [0.25, 0.3) is 0 Å². The van der Waals surface area contributed by atoms with Crippen LogP contribution in [0.4, 0.5) is 0 Å². The molecule has 214 valence electrons. The molecule has 1 saturated carbocycles. The van der Waals surface area contributed by atoms with E-state index in [1.165, 1.54) is 12.0 Å². The highest BCUT2D eigenvalue weighted by molar-refractivity contribution is 6.30. The van der Waals surface area contributed by atoms with Crippen molar-refractivity contribution < 1.29 is 19.1 Å². The van der Waals surface area contributed by atoms with Gasteiger partial charge < -0.3 is 23.8 Å². The zero-order valence-electron chi connectivity index (χ0n) is 23.3. The Morgan fingerprint density at radius 2 is 1.70 bits per heavy atom. The average molecular weight is 566 g/mol. The predicted molar refractivity (Wildman–Crippen MR) is 157 cm³/mol. The van der Waals surface area contributed by atoms with Gasteiger partial charge in [0.2, 0.25) is 5.91 Å². The second kappa shape index (κ2) is 15.5. The molecule has 3 aromatic rings. The molecule has 4 rings (SSSR count). The third-order valence-electron chi connectivity index (χ3n) is 7.42. The summed E-state index contributed by atoms with van der Waals surface area (Å²) >= 11 is 5.96. The lowest BCUT2D eigenvalue weighted by Gasteiger charge is -2.36. The summed E-state index contributed by atoms with van der Waals surface area (Å²) in [5, 5.41) is 0.600. The number of hydrogen-bond donors (Lipinski definition) is 0. The maximum atomic E-state index is 13.9. The number of carbonyl (C=O) groups excluding carboxylic acids is 2. The van der Waals surface area contributed by atoms with Crippen molar-refractivity contribution in [2.75, 3.05) is 33.4 Å². The second-order valence-electron chi connectivity index (χ2n) is 10.3. The zero-order chi connectivity index (χ0) is 28.2. The minimum absolute atomic E-state index is 0.0163. The van der Waals surface area contributed by atoms with Crippen molar-refractivity contribution in [2.45, 2.75) is 57.7 Å². The maximum Gasteiger partial charge on any atom is 0.260 e. The van der Waals surface area contributed by atoms with E-state index in [0.717, 1.165) is 37.9 Å². The van der Waals surface area contributed by atoms with Crippen LogP contribution in [0, 0.1) is 0 Å². The standard InChI is InChI=1S/C32H40ClN3O4/c1-39-21-9-20-35(32(38)25-40-30-17-15-27(33)16-18-30)24-31(37)36(28-12-6-3-7-13-28)23-29-14-8-19-34(29)22-26-10-4-2-5-11-26/h2,4-5,8,10-11,14-19,28H,3,6-7,9,12-13,20-25H2,1H3. The summed E-state index contributed by atoms with van der Waals surface area (Å²) in [6.07, 6.45) is 8.12. The largest absolute Gasteiger partial charge is 0.484 e. The smallest absolute Gasteiger partial charge is 0.260 e. The molecule has 1 aromatic heterocycles. The molecule has 2 aromatic carbocycles. The SMILES string of the molecule is COCCCN(CC(=O)N(Cc1cccn1Cc1ccccc1)C1CCCCC1)C(=O)COc1ccc(Cl)cc1. The molecular formula is C32H40ClN3O4. The van der Waals surface area contributed by atoms with Crippen LogP contribution in [0.1, 0.15) is 49.8 Å². The Balaban J connectivity index is 1.47. The number of amides is 2. The van der Waals surface area contributed by atoms with Gasteiger partial charge in [-0.25, -0.2) is 0 Å². The highest BCUT2D eigenvalue weighted by atomic mass is 35.5. The van der Waals surface area contributed by atoms with E-state index in [2.05, 4.69) is 29.0 Å². The van der Waals surface area contributed by atoms with E-state index in [0.29, 0.717) is 36.9 Å². The number of ether oxygens (including phenoxy) is 2. The van der Waals surface area contributed by atoms with Crippen molar-refractivity contribution in [2.24, 2.45) is 0 Å². The van der Waals surface area contributed by atoms with Gasteiger partial charge in [0.1, 0.15) is 5.75 Å². The van der Waals surface area contributed by atoms with Gasteiger partial charge in [0.25, 0.3) is 5.91 Å². The van der Waals surface area contributed by atoms with Gasteiger partial charge in [-0.05, 0) is 61.2 Å². The molecule has 0 aliphatic heterocycles. The van der Waals surface area contributed by atoms with Gasteiger partial charge in [0, 0.05) is 49.8 Å². The van der Waals surface area contributed by atoms with Crippen LogP contribution in [-0.4, -0.2) is 65.6 Å². The van der Waals surface area contributed by atoms with Gasteiger partial charge in [-0.1, -0.05) is 61.2 Å². The number of halogens is 1. The zero-order valence-corrected chi connectivity index (χ0v) is 24.1. The first kappa shape index (κ1) is 29.7. The molecule has 0 spiro atoms. The monoisotopic (exact) mass is 565 g/mol. The second-order valence-corrected chi connectivity index (χ2v) is 10.8. The summed E-state index contributed by atoms with van der Waals surface area (Å²) in [6, 6.07) is 21.5. The molecule has 40 heavy (non-hydrogen) atoms. The minimum atomic E-state index is -0.226. The molecule has 1 aliphatic rings. The number of carbonyl (C=O) groups is 2. The van der Waals surface area contributed by atoms with Crippen LogP contribution in [0.2, 0.25) is 5.02 Å². The lowest BCUT2D eigenvalue weighted by Crippen LogP contribution is -2.48. The summed E-state index contributed by atoms with van der Waals surface area (Å²) in [4.78, 5) is 30.8. The van der Waals surface area contributed by atoms with E-state index < -0.39 is 0 Å². The van der Waals surface area contributed by atoms with Crippen molar-refractivity contribution in [1.82, 2.24) is 14.4 Å². The first-order chi connectivity index (χ1) is 19.5. The number of hydrogen-bond acceptors (Lipinski definition) is 4.